The molecule has 0 spiro atoms. The van der Waals surface area contributed by atoms with Crippen molar-refractivity contribution in [3.05, 3.63) is 114 Å². The van der Waals surface area contributed by atoms with Gasteiger partial charge in [-0.25, -0.2) is 0 Å². The predicted molar refractivity (Wildman–Crippen MR) is 163 cm³/mol. The van der Waals surface area contributed by atoms with Crippen molar-refractivity contribution in [3.8, 4) is 11.1 Å². The second kappa shape index (κ2) is 12.5. The number of nitrogens with one attached hydrogen (secondary N) is 1. The average molecular weight is 562 g/mol. The number of carboxylic acids is 1. The van der Waals surface area contributed by atoms with Gasteiger partial charge >= 0.3 is 5.97 Å². The Bertz CT molecular complexity index is 1650. The van der Waals surface area contributed by atoms with E-state index in [0.29, 0.717) is 34.6 Å². The van der Waals surface area contributed by atoms with Crippen molar-refractivity contribution in [1.82, 2.24) is 0 Å². The van der Waals surface area contributed by atoms with Gasteiger partial charge in [-0.05, 0) is 72.5 Å². The van der Waals surface area contributed by atoms with E-state index in [4.69, 9.17) is 5.11 Å². The van der Waals surface area contributed by atoms with Crippen LogP contribution in [0.5, 0.6) is 0 Å². The molecule has 0 bridgehead atoms. The number of carbonyl (C=O) groups is 4. The van der Waals surface area contributed by atoms with Crippen LogP contribution in [0.3, 0.4) is 0 Å². The molecule has 4 aromatic carbocycles. The van der Waals surface area contributed by atoms with Crippen LogP contribution in [0.15, 0.2) is 97.1 Å². The number of hydrogen-bond acceptors (Lipinski definition) is 4. The maximum atomic E-state index is 13.7. The summed E-state index contributed by atoms with van der Waals surface area (Å²) in [7, 11) is 0. The minimum Gasteiger partial charge on any atom is -0.481 e. The van der Waals surface area contributed by atoms with Gasteiger partial charge in [0.1, 0.15) is 0 Å². The number of aliphatic carboxylic acids is 1. The topological polar surface area (TPSA) is 107 Å². The summed E-state index contributed by atoms with van der Waals surface area (Å²) in [6, 6.07) is 29.2. The summed E-state index contributed by atoms with van der Waals surface area (Å²) in [5.74, 6) is -1.61. The van der Waals surface area contributed by atoms with E-state index >= 15 is 0 Å². The van der Waals surface area contributed by atoms with E-state index in [1.807, 2.05) is 49.4 Å². The summed E-state index contributed by atoms with van der Waals surface area (Å²) in [6.45, 7) is 2.46. The lowest BCUT2D eigenvalue weighted by molar-refractivity contribution is -0.137. The third kappa shape index (κ3) is 6.07. The molecule has 3 amide bonds. The molecular weight excluding hydrogens is 530 g/mol. The Kier molecular flexibility index (Phi) is 8.43. The van der Waals surface area contributed by atoms with Crippen molar-refractivity contribution >= 4 is 40.8 Å². The summed E-state index contributed by atoms with van der Waals surface area (Å²) >= 11 is 0. The van der Waals surface area contributed by atoms with Gasteiger partial charge in [0.2, 0.25) is 5.91 Å². The van der Waals surface area contributed by atoms with Gasteiger partial charge < -0.3 is 20.2 Å². The van der Waals surface area contributed by atoms with Gasteiger partial charge in [0.05, 0.1) is 11.4 Å². The van der Waals surface area contributed by atoms with Crippen LogP contribution in [0.25, 0.3) is 11.1 Å². The Morgan fingerprint density at radius 2 is 1.45 bits per heavy atom. The summed E-state index contributed by atoms with van der Waals surface area (Å²) in [4.78, 5) is 54.0. The lowest BCUT2D eigenvalue weighted by atomic mass is 9.95. The van der Waals surface area contributed by atoms with E-state index in [2.05, 4.69) is 5.32 Å². The molecule has 0 atom stereocenters. The van der Waals surface area contributed by atoms with Crippen LogP contribution in [0, 0.1) is 6.92 Å². The molecule has 4 aromatic rings. The molecule has 8 nitrogen and oxygen atoms in total. The number of hydrogen-bond donors (Lipinski definition) is 2. The monoisotopic (exact) mass is 561 g/mol. The number of aryl methyl sites for hydroxylation is 1. The van der Waals surface area contributed by atoms with Gasteiger partial charge in [-0.15, -0.1) is 0 Å². The predicted octanol–water partition coefficient (Wildman–Crippen LogP) is 6.16. The van der Waals surface area contributed by atoms with Gasteiger partial charge in [0.15, 0.2) is 0 Å². The molecule has 0 aromatic heterocycles. The Balaban J connectivity index is 1.34. The van der Waals surface area contributed by atoms with Crippen molar-refractivity contribution in [2.24, 2.45) is 0 Å². The molecule has 0 saturated carbocycles. The average Bonchev–Trinajstić information content (AvgIpc) is 3.13. The first kappa shape index (κ1) is 28.3. The second-order valence-corrected chi connectivity index (χ2v) is 10.1. The molecule has 0 aliphatic carbocycles. The zero-order valence-electron chi connectivity index (χ0n) is 23.2. The molecule has 5 rings (SSSR count). The SMILES string of the molecule is Cc1ccccc1-c1ccccc1C(=O)Nc1ccc(C(=O)N2CCC(=O)N(CCCC(=O)O)c3ccccc32)cc1. The lowest BCUT2D eigenvalue weighted by Gasteiger charge is -2.25. The van der Waals surface area contributed by atoms with E-state index < -0.39 is 5.97 Å². The molecular formula is C34H31N3O5. The molecule has 0 unspecified atom stereocenters. The van der Waals surface area contributed by atoms with Crippen molar-refractivity contribution in [2.45, 2.75) is 26.2 Å². The summed E-state index contributed by atoms with van der Waals surface area (Å²) in [5, 5.41) is 12.0. The molecule has 1 aliphatic rings. The number of nitrogens with zero attached hydrogens (tertiary/aromatic N) is 2. The van der Waals surface area contributed by atoms with E-state index in [1.54, 1.807) is 64.4 Å². The van der Waals surface area contributed by atoms with Crippen LogP contribution < -0.4 is 15.1 Å². The molecule has 42 heavy (non-hydrogen) atoms. The minimum absolute atomic E-state index is 0.0467. The van der Waals surface area contributed by atoms with E-state index in [0.717, 1.165) is 16.7 Å². The number of carboxylic acid groups (broad SMARTS) is 1. The van der Waals surface area contributed by atoms with Crippen molar-refractivity contribution in [3.63, 3.8) is 0 Å². The number of carbonyl (C=O) groups excluding carboxylic acids is 3. The minimum atomic E-state index is -0.919. The maximum Gasteiger partial charge on any atom is 0.303 e. The van der Waals surface area contributed by atoms with Gasteiger partial charge in [0.25, 0.3) is 11.8 Å². The number of amides is 3. The highest BCUT2D eigenvalue weighted by atomic mass is 16.4. The van der Waals surface area contributed by atoms with Gasteiger partial charge in [-0.2, -0.15) is 0 Å². The molecule has 1 aliphatic heterocycles. The molecule has 0 fully saturated rings. The Hall–Kier alpha value is -5.24. The van der Waals surface area contributed by atoms with Crippen molar-refractivity contribution < 1.29 is 24.3 Å². The van der Waals surface area contributed by atoms with Crippen LogP contribution in [-0.4, -0.2) is 41.9 Å². The van der Waals surface area contributed by atoms with E-state index in [9.17, 15) is 19.2 Å². The normalized spacial score (nSPS) is 12.8. The van der Waals surface area contributed by atoms with Crippen LogP contribution in [0.2, 0.25) is 0 Å². The summed E-state index contributed by atoms with van der Waals surface area (Å²) in [6.07, 6.45) is 0.378. The zero-order valence-corrected chi connectivity index (χ0v) is 23.2. The largest absolute Gasteiger partial charge is 0.481 e. The van der Waals surface area contributed by atoms with Crippen molar-refractivity contribution in [1.29, 1.82) is 0 Å². The highest BCUT2D eigenvalue weighted by Crippen LogP contribution is 2.34. The Labute approximate surface area is 244 Å². The Morgan fingerprint density at radius 3 is 2.17 bits per heavy atom. The Morgan fingerprint density at radius 1 is 0.810 bits per heavy atom. The van der Waals surface area contributed by atoms with E-state index in [-0.39, 0.29) is 43.7 Å². The van der Waals surface area contributed by atoms with Crippen LogP contribution >= 0.6 is 0 Å². The number of para-hydroxylation sites is 2. The van der Waals surface area contributed by atoms with Crippen LogP contribution in [-0.2, 0) is 9.59 Å². The summed E-state index contributed by atoms with van der Waals surface area (Å²) in [5.41, 5.74) is 5.57. The molecule has 0 radical (unpaired) electrons. The lowest BCUT2D eigenvalue weighted by Crippen LogP contribution is -2.32. The van der Waals surface area contributed by atoms with Gasteiger partial charge in [0, 0.05) is 42.7 Å². The third-order valence-corrected chi connectivity index (χ3v) is 7.33. The van der Waals surface area contributed by atoms with E-state index in [1.165, 1.54) is 0 Å². The molecule has 8 heteroatoms. The quantitative estimate of drug-likeness (QED) is 0.268. The fraction of sp³-hybridized carbons (Fsp3) is 0.176. The number of benzene rings is 4. The highest BCUT2D eigenvalue weighted by Gasteiger charge is 2.29. The zero-order chi connectivity index (χ0) is 29.6. The molecule has 212 valence electrons. The highest BCUT2D eigenvalue weighted by molar-refractivity contribution is 6.12. The maximum absolute atomic E-state index is 13.7. The first-order valence-corrected chi connectivity index (χ1v) is 13.8. The molecule has 1 heterocycles. The molecule has 0 saturated heterocycles. The standard InChI is InChI=1S/C34H31N3O5/c1-23-9-2-3-10-26(23)27-11-4-5-12-28(27)33(41)35-25-18-16-24(17-19-25)34(42)37-22-20-31(38)36(21-8-15-32(39)40)29-13-6-7-14-30(29)37/h2-7,9-14,16-19H,8,15,20-22H2,1H3,(H,35,41)(H,39,40). The first-order chi connectivity index (χ1) is 20.3. The number of fused-ring (bicyclic) bond motifs is 1. The fourth-order valence-corrected chi connectivity index (χ4v) is 5.20. The van der Waals surface area contributed by atoms with Gasteiger partial charge in [-0.3, -0.25) is 19.2 Å². The molecule has 2 N–H and O–H groups in total. The van der Waals surface area contributed by atoms with Crippen LogP contribution in [0.1, 0.15) is 45.5 Å². The number of rotatable bonds is 8. The second-order valence-electron chi connectivity index (χ2n) is 10.1. The first-order valence-electron chi connectivity index (χ1n) is 13.8. The van der Waals surface area contributed by atoms with Crippen LogP contribution in [0.4, 0.5) is 17.1 Å². The summed E-state index contributed by atoms with van der Waals surface area (Å²) < 4.78 is 0. The third-order valence-electron chi connectivity index (χ3n) is 7.33. The number of anilines is 3. The fourth-order valence-electron chi connectivity index (χ4n) is 5.20. The van der Waals surface area contributed by atoms with Gasteiger partial charge in [-0.1, -0.05) is 54.6 Å². The van der Waals surface area contributed by atoms with Crippen molar-refractivity contribution in [2.75, 3.05) is 28.2 Å². The smallest absolute Gasteiger partial charge is 0.303 e.